The van der Waals surface area contributed by atoms with Gasteiger partial charge < -0.3 is 14.4 Å². The van der Waals surface area contributed by atoms with Gasteiger partial charge in [-0.1, -0.05) is 23.7 Å². The minimum Gasteiger partial charge on any atom is -0.466 e. The molecule has 1 heterocycles. The molecule has 1 aromatic rings. The average molecular weight is 383 g/mol. The molecule has 1 aliphatic heterocycles. The largest absolute Gasteiger partial charge is 0.466 e. The predicted molar refractivity (Wildman–Crippen MR) is 100 cm³/mol. The molecule has 0 aromatic heterocycles. The van der Waals surface area contributed by atoms with Crippen molar-refractivity contribution >= 4 is 23.5 Å². The number of ether oxygens (including phenoxy) is 2. The van der Waals surface area contributed by atoms with E-state index in [1.54, 1.807) is 36.1 Å². The lowest BCUT2D eigenvalue weighted by Crippen LogP contribution is -2.39. The van der Waals surface area contributed by atoms with Crippen molar-refractivity contribution in [1.29, 1.82) is 0 Å². The number of morpholine rings is 1. The molecule has 144 valence electrons. The Bertz CT molecular complexity index is 591. The van der Waals surface area contributed by atoms with Crippen LogP contribution < -0.4 is 0 Å². The van der Waals surface area contributed by atoms with Crippen LogP contribution in [0, 0.1) is 0 Å². The number of esters is 1. The number of rotatable bonds is 9. The topological polar surface area (TPSA) is 59.1 Å². The molecule has 1 fully saturated rings. The molecule has 7 heteroatoms. The van der Waals surface area contributed by atoms with Gasteiger partial charge in [-0.2, -0.15) is 0 Å². The molecule has 0 radical (unpaired) electrons. The molecule has 1 aliphatic rings. The first-order valence-electron chi connectivity index (χ1n) is 9.11. The lowest BCUT2D eigenvalue weighted by atomic mass is 10.2. The smallest absolute Gasteiger partial charge is 0.307 e. The Balaban J connectivity index is 1.94. The molecule has 0 spiro atoms. The van der Waals surface area contributed by atoms with Gasteiger partial charge in [-0.3, -0.25) is 14.5 Å². The summed E-state index contributed by atoms with van der Waals surface area (Å²) in [4.78, 5) is 28.6. The zero-order valence-corrected chi connectivity index (χ0v) is 16.0. The van der Waals surface area contributed by atoms with E-state index in [2.05, 4.69) is 4.90 Å². The molecule has 0 aliphatic carbocycles. The Morgan fingerprint density at radius 1 is 1.23 bits per heavy atom. The van der Waals surface area contributed by atoms with Gasteiger partial charge in [-0.05, 0) is 25.5 Å². The molecule has 1 aromatic carbocycles. The fourth-order valence-electron chi connectivity index (χ4n) is 2.89. The number of benzene rings is 1. The minimum atomic E-state index is -0.294. The van der Waals surface area contributed by atoms with Crippen molar-refractivity contribution in [1.82, 2.24) is 9.80 Å². The van der Waals surface area contributed by atoms with E-state index in [9.17, 15) is 9.59 Å². The second kappa shape index (κ2) is 11.2. The molecule has 0 saturated carbocycles. The van der Waals surface area contributed by atoms with Crippen LogP contribution >= 0.6 is 11.6 Å². The summed E-state index contributed by atoms with van der Waals surface area (Å²) in [6.45, 7) is 7.25. The normalized spacial score (nSPS) is 14.8. The molecule has 0 atom stereocenters. The number of carbonyl (C=O) groups excluding carboxylic acids is 2. The highest BCUT2D eigenvalue weighted by Gasteiger charge is 2.20. The summed E-state index contributed by atoms with van der Waals surface area (Å²) in [5.41, 5.74) is 0.462. The van der Waals surface area contributed by atoms with Crippen LogP contribution in [-0.2, 0) is 14.3 Å². The zero-order valence-electron chi connectivity index (χ0n) is 15.3. The monoisotopic (exact) mass is 382 g/mol. The van der Waals surface area contributed by atoms with E-state index >= 15 is 0 Å². The summed E-state index contributed by atoms with van der Waals surface area (Å²) in [6.07, 6.45) is 1.01. The maximum absolute atomic E-state index is 12.9. The van der Waals surface area contributed by atoms with Crippen LogP contribution in [0.5, 0.6) is 0 Å². The van der Waals surface area contributed by atoms with Crippen LogP contribution in [0.1, 0.15) is 30.1 Å². The third kappa shape index (κ3) is 6.59. The van der Waals surface area contributed by atoms with Gasteiger partial charge in [-0.25, -0.2) is 0 Å². The van der Waals surface area contributed by atoms with Gasteiger partial charge in [0.2, 0.25) is 0 Å². The first-order valence-corrected chi connectivity index (χ1v) is 9.49. The SMILES string of the molecule is CCOC(=O)CCN(CCCN1CCOCC1)C(=O)c1ccccc1Cl. The molecule has 1 saturated heterocycles. The van der Waals surface area contributed by atoms with E-state index in [4.69, 9.17) is 21.1 Å². The molecule has 0 unspecified atom stereocenters. The van der Waals surface area contributed by atoms with Gasteiger partial charge >= 0.3 is 5.97 Å². The highest BCUT2D eigenvalue weighted by Crippen LogP contribution is 2.17. The van der Waals surface area contributed by atoms with Gasteiger partial charge in [0.1, 0.15) is 0 Å². The number of halogens is 1. The number of amides is 1. The molecule has 26 heavy (non-hydrogen) atoms. The second-order valence-corrected chi connectivity index (χ2v) is 6.54. The van der Waals surface area contributed by atoms with Crippen LogP contribution in [0.4, 0.5) is 0 Å². The summed E-state index contributed by atoms with van der Waals surface area (Å²) in [5, 5.41) is 0.423. The van der Waals surface area contributed by atoms with E-state index in [-0.39, 0.29) is 18.3 Å². The highest BCUT2D eigenvalue weighted by atomic mass is 35.5. The van der Waals surface area contributed by atoms with Crippen LogP contribution in [0.25, 0.3) is 0 Å². The summed E-state index contributed by atoms with van der Waals surface area (Å²) in [7, 11) is 0. The Hall–Kier alpha value is -1.63. The summed E-state index contributed by atoms with van der Waals surface area (Å²) >= 11 is 6.17. The molecular formula is C19H27ClN2O4. The third-order valence-electron chi connectivity index (χ3n) is 4.29. The van der Waals surface area contributed by atoms with E-state index in [1.807, 2.05) is 0 Å². The number of hydrogen-bond acceptors (Lipinski definition) is 5. The van der Waals surface area contributed by atoms with Crippen molar-refractivity contribution in [2.45, 2.75) is 19.8 Å². The fourth-order valence-corrected chi connectivity index (χ4v) is 3.11. The van der Waals surface area contributed by atoms with Crippen molar-refractivity contribution in [2.24, 2.45) is 0 Å². The quantitative estimate of drug-likeness (QED) is 0.614. The molecule has 0 bridgehead atoms. The number of hydrogen-bond donors (Lipinski definition) is 0. The van der Waals surface area contributed by atoms with Crippen molar-refractivity contribution in [3.63, 3.8) is 0 Å². The van der Waals surface area contributed by atoms with Crippen molar-refractivity contribution < 1.29 is 19.1 Å². The molecule has 1 amide bonds. The first-order chi connectivity index (χ1) is 12.6. The van der Waals surface area contributed by atoms with Gasteiger partial charge in [0.05, 0.1) is 36.8 Å². The molecular weight excluding hydrogens is 356 g/mol. The first kappa shape index (κ1) is 20.7. The van der Waals surface area contributed by atoms with Gasteiger partial charge in [0.15, 0.2) is 0 Å². The summed E-state index contributed by atoms with van der Waals surface area (Å²) < 4.78 is 10.3. The van der Waals surface area contributed by atoms with Gasteiger partial charge in [0, 0.05) is 32.7 Å². The molecule has 0 N–H and O–H groups in total. The maximum Gasteiger partial charge on any atom is 0.307 e. The third-order valence-corrected chi connectivity index (χ3v) is 4.62. The fraction of sp³-hybridized carbons (Fsp3) is 0.579. The maximum atomic E-state index is 12.9. The van der Waals surface area contributed by atoms with E-state index in [0.717, 1.165) is 39.3 Å². The van der Waals surface area contributed by atoms with Crippen LogP contribution in [0.2, 0.25) is 5.02 Å². The summed E-state index contributed by atoms with van der Waals surface area (Å²) in [6, 6.07) is 6.99. The average Bonchev–Trinajstić information content (AvgIpc) is 2.65. The van der Waals surface area contributed by atoms with Gasteiger partial charge in [0.25, 0.3) is 5.91 Å². The molecule has 2 rings (SSSR count). The lowest BCUT2D eigenvalue weighted by molar-refractivity contribution is -0.143. The van der Waals surface area contributed by atoms with Crippen LogP contribution in [-0.4, -0.2) is 74.2 Å². The standard InChI is InChI=1S/C19H27ClN2O4/c1-2-26-18(23)8-11-22(10-5-9-21-12-14-25-15-13-21)19(24)16-6-3-4-7-17(16)20/h3-4,6-7H,2,5,8-15H2,1H3. The Morgan fingerprint density at radius 2 is 1.96 bits per heavy atom. The van der Waals surface area contributed by atoms with Crippen molar-refractivity contribution in [2.75, 3.05) is 52.5 Å². The van der Waals surface area contributed by atoms with E-state index in [0.29, 0.717) is 30.3 Å². The zero-order chi connectivity index (χ0) is 18.8. The van der Waals surface area contributed by atoms with Crippen molar-refractivity contribution in [3.8, 4) is 0 Å². The minimum absolute atomic E-state index is 0.151. The van der Waals surface area contributed by atoms with Crippen LogP contribution in [0.3, 0.4) is 0 Å². The second-order valence-electron chi connectivity index (χ2n) is 6.13. The number of carbonyl (C=O) groups is 2. The Kier molecular flexibility index (Phi) is 8.88. The Labute approximate surface area is 160 Å². The Morgan fingerprint density at radius 3 is 2.65 bits per heavy atom. The predicted octanol–water partition coefficient (Wildman–Crippen LogP) is 2.46. The highest BCUT2D eigenvalue weighted by molar-refractivity contribution is 6.33. The van der Waals surface area contributed by atoms with E-state index in [1.165, 1.54) is 0 Å². The molecule has 6 nitrogen and oxygen atoms in total. The summed E-state index contributed by atoms with van der Waals surface area (Å²) in [5.74, 6) is -0.445. The lowest BCUT2D eigenvalue weighted by Gasteiger charge is -2.28. The van der Waals surface area contributed by atoms with Crippen LogP contribution in [0.15, 0.2) is 24.3 Å². The van der Waals surface area contributed by atoms with Crippen molar-refractivity contribution in [3.05, 3.63) is 34.9 Å². The van der Waals surface area contributed by atoms with E-state index < -0.39 is 0 Å². The number of nitrogens with zero attached hydrogens (tertiary/aromatic N) is 2. The van der Waals surface area contributed by atoms with Gasteiger partial charge in [-0.15, -0.1) is 0 Å².